The summed E-state index contributed by atoms with van der Waals surface area (Å²) in [5.41, 5.74) is 0.210. The summed E-state index contributed by atoms with van der Waals surface area (Å²) < 4.78 is 0. The first kappa shape index (κ1) is 13.3. The van der Waals surface area contributed by atoms with Crippen molar-refractivity contribution in [3.63, 3.8) is 0 Å². The number of amides is 2. The van der Waals surface area contributed by atoms with Gasteiger partial charge in [-0.05, 0) is 11.8 Å². The van der Waals surface area contributed by atoms with Crippen molar-refractivity contribution in [3.8, 4) is 0 Å². The molecule has 2 N–H and O–H groups in total. The van der Waals surface area contributed by atoms with Crippen LogP contribution >= 0.6 is 0 Å². The molecule has 0 saturated heterocycles. The van der Waals surface area contributed by atoms with Crippen LogP contribution in [-0.2, 0) is 0 Å². The minimum absolute atomic E-state index is 0.0893. The molecular weight excluding hydrogens is 176 g/mol. The van der Waals surface area contributed by atoms with Crippen molar-refractivity contribution in [2.75, 3.05) is 13.6 Å². The molecule has 84 valence electrons. The highest BCUT2D eigenvalue weighted by Gasteiger charge is 2.17. The van der Waals surface area contributed by atoms with E-state index < -0.39 is 0 Å². The van der Waals surface area contributed by atoms with E-state index in [-0.39, 0.29) is 11.4 Å². The van der Waals surface area contributed by atoms with Crippen molar-refractivity contribution >= 4 is 6.03 Å². The molecule has 0 spiro atoms. The van der Waals surface area contributed by atoms with Gasteiger partial charge in [-0.2, -0.15) is 0 Å². The summed E-state index contributed by atoms with van der Waals surface area (Å²) in [6.07, 6.45) is 4.95. The molecule has 0 aromatic rings. The van der Waals surface area contributed by atoms with Gasteiger partial charge >= 0.3 is 6.03 Å². The van der Waals surface area contributed by atoms with Crippen LogP contribution in [0.5, 0.6) is 0 Å². The SMILES string of the molecule is CCCCCC(C)(C)CNC(=O)NC. The minimum Gasteiger partial charge on any atom is -0.341 e. The molecule has 0 unspecified atom stereocenters. The molecule has 3 nitrogen and oxygen atoms in total. The first-order valence-corrected chi connectivity index (χ1v) is 5.47. The second-order valence-corrected chi connectivity index (χ2v) is 4.55. The fourth-order valence-corrected chi connectivity index (χ4v) is 1.35. The summed E-state index contributed by atoms with van der Waals surface area (Å²) in [5, 5.41) is 5.40. The van der Waals surface area contributed by atoms with E-state index >= 15 is 0 Å². The molecular formula is C11H24N2O. The van der Waals surface area contributed by atoms with Gasteiger partial charge in [0.1, 0.15) is 0 Å². The van der Waals surface area contributed by atoms with Crippen molar-refractivity contribution in [1.82, 2.24) is 10.6 Å². The standard InChI is InChI=1S/C11H24N2O/c1-5-6-7-8-11(2,3)9-13-10(14)12-4/h5-9H2,1-4H3,(H2,12,13,14). The Balaban J connectivity index is 3.65. The highest BCUT2D eigenvalue weighted by molar-refractivity contribution is 5.73. The van der Waals surface area contributed by atoms with E-state index in [4.69, 9.17) is 0 Å². The van der Waals surface area contributed by atoms with Crippen molar-refractivity contribution < 1.29 is 4.79 Å². The average molecular weight is 200 g/mol. The zero-order chi connectivity index (χ0) is 11.0. The van der Waals surface area contributed by atoms with E-state index in [0.717, 1.165) is 6.54 Å². The predicted octanol–water partition coefficient (Wildman–Crippen LogP) is 2.52. The van der Waals surface area contributed by atoms with Crippen LogP contribution < -0.4 is 10.6 Å². The summed E-state index contributed by atoms with van der Waals surface area (Å²) >= 11 is 0. The Bertz CT molecular complexity index is 167. The van der Waals surface area contributed by atoms with Gasteiger partial charge in [0.05, 0.1) is 0 Å². The molecule has 0 rings (SSSR count). The van der Waals surface area contributed by atoms with Crippen molar-refractivity contribution in [3.05, 3.63) is 0 Å². The second kappa shape index (κ2) is 6.68. The molecule has 0 aromatic heterocycles. The molecule has 14 heavy (non-hydrogen) atoms. The molecule has 0 aliphatic heterocycles. The fourth-order valence-electron chi connectivity index (χ4n) is 1.35. The normalized spacial score (nSPS) is 11.1. The third-order valence-electron chi connectivity index (χ3n) is 2.41. The Morgan fingerprint density at radius 3 is 2.43 bits per heavy atom. The number of rotatable bonds is 6. The first-order valence-electron chi connectivity index (χ1n) is 5.47. The molecule has 0 fully saturated rings. The van der Waals surface area contributed by atoms with E-state index in [1.807, 2.05) is 0 Å². The Morgan fingerprint density at radius 1 is 1.29 bits per heavy atom. The van der Waals surface area contributed by atoms with Gasteiger partial charge in [-0.15, -0.1) is 0 Å². The second-order valence-electron chi connectivity index (χ2n) is 4.55. The minimum atomic E-state index is -0.0893. The maximum absolute atomic E-state index is 11.0. The summed E-state index contributed by atoms with van der Waals surface area (Å²) in [7, 11) is 1.64. The van der Waals surface area contributed by atoms with E-state index in [9.17, 15) is 4.79 Å². The number of carbonyl (C=O) groups excluding carboxylic acids is 1. The molecule has 0 atom stereocenters. The molecule has 0 aliphatic rings. The molecule has 0 radical (unpaired) electrons. The van der Waals surface area contributed by atoms with Gasteiger partial charge in [0, 0.05) is 13.6 Å². The molecule has 0 bridgehead atoms. The first-order chi connectivity index (χ1) is 6.52. The van der Waals surface area contributed by atoms with Gasteiger partial charge in [0.25, 0.3) is 0 Å². The van der Waals surface area contributed by atoms with Crippen LogP contribution in [0.15, 0.2) is 0 Å². The van der Waals surface area contributed by atoms with Crippen molar-refractivity contribution in [2.24, 2.45) is 5.41 Å². The smallest absolute Gasteiger partial charge is 0.314 e. The Kier molecular flexibility index (Phi) is 6.34. The molecule has 0 aliphatic carbocycles. The number of nitrogens with one attached hydrogen (secondary N) is 2. The molecule has 2 amide bonds. The average Bonchev–Trinajstić information content (AvgIpc) is 2.14. The van der Waals surface area contributed by atoms with E-state index in [0.29, 0.717) is 0 Å². The van der Waals surface area contributed by atoms with Gasteiger partial charge in [-0.1, -0.05) is 40.0 Å². The molecule has 3 heteroatoms. The van der Waals surface area contributed by atoms with Crippen LogP contribution in [0, 0.1) is 5.41 Å². The van der Waals surface area contributed by atoms with Crippen molar-refractivity contribution in [2.45, 2.75) is 46.5 Å². The lowest BCUT2D eigenvalue weighted by Crippen LogP contribution is -2.39. The maximum atomic E-state index is 11.0. The number of carbonyl (C=O) groups is 1. The number of unbranched alkanes of at least 4 members (excludes halogenated alkanes) is 2. The number of hydrogen-bond donors (Lipinski definition) is 2. The van der Waals surface area contributed by atoms with Crippen LogP contribution in [0.3, 0.4) is 0 Å². The lowest BCUT2D eigenvalue weighted by Gasteiger charge is -2.24. The highest BCUT2D eigenvalue weighted by atomic mass is 16.2. The number of hydrogen-bond acceptors (Lipinski definition) is 1. The monoisotopic (exact) mass is 200 g/mol. The number of urea groups is 1. The van der Waals surface area contributed by atoms with Gasteiger partial charge in [-0.3, -0.25) is 0 Å². The highest BCUT2D eigenvalue weighted by Crippen LogP contribution is 2.22. The van der Waals surface area contributed by atoms with Gasteiger partial charge < -0.3 is 10.6 Å². The third-order valence-corrected chi connectivity index (χ3v) is 2.41. The predicted molar refractivity (Wildman–Crippen MR) is 60.4 cm³/mol. The third kappa shape index (κ3) is 6.75. The van der Waals surface area contributed by atoms with E-state index in [1.54, 1.807) is 7.05 Å². The molecule has 0 saturated carbocycles. The topological polar surface area (TPSA) is 41.1 Å². The maximum Gasteiger partial charge on any atom is 0.314 e. The Hall–Kier alpha value is -0.730. The van der Waals surface area contributed by atoms with Gasteiger partial charge in [-0.25, -0.2) is 4.79 Å². The lowest BCUT2D eigenvalue weighted by atomic mass is 9.87. The summed E-state index contributed by atoms with van der Waals surface area (Å²) in [5.74, 6) is 0. The van der Waals surface area contributed by atoms with Crippen LogP contribution in [0.1, 0.15) is 46.5 Å². The zero-order valence-electron chi connectivity index (χ0n) is 9.94. The summed E-state index contributed by atoms with van der Waals surface area (Å²) in [4.78, 5) is 11.0. The van der Waals surface area contributed by atoms with E-state index in [1.165, 1.54) is 25.7 Å². The van der Waals surface area contributed by atoms with Crippen LogP contribution in [0.4, 0.5) is 4.79 Å². The van der Waals surface area contributed by atoms with Gasteiger partial charge in [0.2, 0.25) is 0 Å². The van der Waals surface area contributed by atoms with Gasteiger partial charge in [0.15, 0.2) is 0 Å². The Labute approximate surface area is 87.6 Å². The summed E-state index contributed by atoms with van der Waals surface area (Å²) in [6, 6.07) is -0.0893. The fraction of sp³-hybridized carbons (Fsp3) is 0.909. The largest absolute Gasteiger partial charge is 0.341 e. The van der Waals surface area contributed by atoms with Crippen molar-refractivity contribution in [1.29, 1.82) is 0 Å². The zero-order valence-corrected chi connectivity index (χ0v) is 9.94. The quantitative estimate of drug-likeness (QED) is 0.636. The van der Waals surface area contributed by atoms with E-state index in [2.05, 4.69) is 31.4 Å². The lowest BCUT2D eigenvalue weighted by molar-refractivity contribution is 0.232. The molecule has 0 heterocycles. The van der Waals surface area contributed by atoms with Crippen LogP contribution in [0.2, 0.25) is 0 Å². The Morgan fingerprint density at radius 2 is 1.93 bits per heavy atom. The molecule has 0 aromatic carbocycles. The van der Waals surface area contributed by atoms with Crippen LogP contribution in [0.25, 0.3) is 0 Å². The van der Waals surface area contributed by atoms with Crippen LogP contribution in [-0.4, -0.2) is 19.6 Å². The summed E-state index contributed by atoms with van der Waals surface area (Å²) in [6.45, 7) is 7.34.